The number of rotatable bonds is 2. The summed E-state index contributed by atoms with van der Waals surface area (Å²) in [5.74, 6) is 2.10. The van der Waals surface area contributed by atoms with Crippen LogP contribution in [0.4, 0.5) is 0 Å². The van der Waals surface area contributed by atoms with Crippen LogP contribution >= 0.6 is 0 Å². The lowest BCUT2D eigenvalue weighted by atomic mass is 9.90. The molecule has 0 radical (unpaired) electrons. The molecule has 2 atom stereocenters. The van der Waals surface area contributed by atoms with Crippen molar-refractivity contribution >= 4 is 5.71 Å². The first kappa shape index (κ1) is 13.8. The summed E-state index contributed by atoms with van der Waals surface area (Å²) < 4.78 is 5.36. The van der Waals surface area contributed by atoms with Gasteiger partial charge in [0.05, 0.1) is 7.11 Å². The van der Waals surface area contributed by atoms with Crippen molar-refractivity contribution in [2.45, 2.75) is 27.7 Å². The maximum atomic E-state index is 5.36. The molecule has 0 bridgehead atoms. The summed E-state index contributed by atoms with van der Waals surface area (Å²) in [6.07, 6.45) is 0. The fraction of sp³-hybridized carbons (Fsp3) is 0.533. The van der Waals surface area contributed by atoms with Crippen LogP contribution < -0.4 is 4.74 Å². The molecule has 1 aromatic carbocycles. The molecular weight excluding hydrogens is 210 g/mol. The number of aliphatic imine (C=N–C) groups is 1. The van der Waals surface area contributed by atoms with Crippen LogP contribution in [0.2, 0.25) is 0 Å². The Labute approximate surface area is 105 Å². The maximum Gasteiger partial charge on any atom is 0.127 e. The Hall–Kier alpha value is -1.31. The van der Waals surface area contributed by atoms with Gasteiger partial charge in [-0.25, -0.2) is 0 Å². The Balaban J connectivity index is 0.000000686. The van der Waals surface area contributed by atoms with Crippen molar-refractivity contribution in [3.05, 3.63) is 29.8 Å². The molecule has 17 heavy (non-hydrogen) atoms. The van der Waals surface area contributed by atoms with E-state index >= 15 is 0 Å². The van der Waals surface area contributed by atoms with Crippen LogP contribution in [-0.4, -0.2) is 19.4 Å². The number of ether oxygens (including phenoxy) is 1. The largest absolute Gasteiger partial charge is 0.496 e. The second-order valence-electron chi connectivity index (χ2n) is 4.19. The van der Waals surface area contributed by atoms with Gasteiger partial charge in [-0.3, -0.25) is 4.99 Å². The minimum Gasteiger partial charge on any atom is -0.496 e. The fourth-order valence-corrected chi connectivity index (χ4v) is 2.00. The molecule has 1 heterocycles. The molecule has 1 aliphatic rings. The highest BCUT2D eigenvalue weighted by molar-refractivity contribution is 6.05. The zero-order chi connectivity index (χ0) is 12.8. The first-order chi connectivity index (χ1) is 8.24. The van der Waals surface area contributed by atoms with Gasteiger partial charge >= 0.3 is 0 Å². The highest BCUT2D eigenvalue weighted by Gasteiger charge is 2.26. The third-order valence-corrected chi connectivity index (χ3v) is 3.22. The van der Waals surface area contributed by atoms with Crippen LogP contribution in [0.3, 0.4) is 0 Å². The number of para-hydroxylation sites is 1. The quantitative estimate of drug-likeness (QED) is 0.761. The van der Waals surface area contributed by atoms with E-state index in [9.17, 15) is 0 Å². The van der Waals surface area contributed by atoms with Crippen LogP contribution in [0.15, 0.2) is 29.3 Å². The molecule has 2 rings (SSSR count). The second-order valence-corrected chi connectivity index (χ2v) is 4.19. The average Bonchev–Trinajstić information content (AvgIpc) is 2.72. The third-order valence-electron chi connectivity index (χ3n) is 3.22. The van der Waals surface area contributed by atoms with Crippen LogP contribution in [0, 0.1) is 11.8 Å². The summed E-state index contributed by atoms with van der Waals surface area (Å²) in [6.45, 7) is 9.42. The molecule has 0 saturated heterocycles. The minimum absolute atomic E-state index is 0.529. The molecule has 1 aromatic rings. The lowest BCUT2D eigenvalue weighted by Crippen LogP contribution is -2.14. The van der Waals surface area contributed by atoms with Gasteiger partial charge in [-0.1, -0.05) is 39.8 Å². The van der Waals surface area contributed by atoms with E-state index < -0.39 is 0 Å². The van der Waals surface area contributed by atoms with Gasteiger partial charge in [0.15, 0.2) is 0 Å². The predicted molar refractivity (Wildman–Crippen MR) is 74.1 cm³/mol. The molecule has 0 amide bonds. The topological polar surface area (TPSA) is 21.6 Å². The maximum absolute atomic E-state index is 5.36. The first-order valence-corrected chi connectivity index (χ1v) is 6.41. The Kier molecular flexibility index (Phi) is 5.20. The molecule has 0 aromatic heterocycles. The first-order valence-electron chi connectivity index (χ1n) is 6.41. The summed E-state index contributed by atoms with van der Waals surface area (Å²) >= 11 is 0. The normalized spacial score (nSPS) is 22.5. The van der Waals surface area contributed by atoms with Crippen molar-refractivity contribution < 1.29 is 4.74 Å². The molecule has 2 heteroatoms. The molecule has 0 fully saturated rings. The van der Waals surface area contributed by atoms with Gasteiger partial charge in [0.25, 0.3) is 0 Å². The second kappa shape index (κ2) is 6.43. The Morgan fingerprint density at radius 1 is 1.18 bits per heavy atom. The van der Waals surface area contributed by atoms with Crippen LogP contribution in [0.25, 0.3) is 0 Å². The average molecular weight is 233 g/mol. The van der Waals surface area contributed by atoms with Crippen molar-refractivity contribution in [1.29, 1.82) is 0 Å². The van der Waals surface area contributed by atoms with E-state index in [1.165, 1.54) is 5.71 Å². The van der Waals surface area contributed by atoms with Crippen molar-refractivity contribution in [2.24, 2.45) is 16.8 Å². The summed E-state index contributed by atoms with van der Waals surface area (Å²) in [5, 5.41) is 0. The summed E-state index contributed by atoms with van der Waals surface area (Å²) in [6, 6.07) is 8.11. The molecule has 0 N–H and O–H groups in total. The third kappa shape index (κ3) is 2.87. The number of methoxy groups -OCH3 is 1. The Bertz CT molecular complexity index is 384. The molecule has 0 saturated carbocycles. The van der Waals surface area contributed by atoms with E-state index in [2.05, 4.69) is 24.9 Å². The van der Waals surface area contributed by atoms with Gasteiger partial charge in [-0.15, -0.1) is 0 Å². The molecule has 0 spiro atoms. The number of hydrogen-bond acceptors (Lipinski definition) is 2. The van der Waals surface area contributed by atoms with Gasteiger partial charge in [-0.2, -0.15) is 0 Å². The number of nitrogens with zero attached hydrogens (tertiary/aromatic N) is 1. The van der Waals surface area contributed by atoms with Gasteiger partial charge in [0.2, 0.25) is 0 Å². The lowest BCUT2D eigenvalue weighted by Gasteiger charge is -2.14. The standard InChI is InChI=1S/C13H17NO.C2H6/c1-9-8-14-13(10(9)2)11-6-4-5-7-12(11)15-3;1-2/h4-7,9-10H,8H2,1-3H3;1-2H3. The van der Waals surface area contributed by atoms with Crippen molar-refractivity contribution in [3.63, 3.8) is 0 Å². The van der Waals surface area contributed by atoms with Crippen LogP contribution in [0.5, 0.6) is 5.75 Å². The SMILES string of the molecule is CC.COc1ccccc1C1=NCC(C)C1C. The zero-order valence-corrected chi connectivity index (χ0v) is 11.5. The minimum atomic E-state index is 0.529. The van der Waals surface area contributed by atoms with Gasteiger partial charge < -0.3 is 4.74 Å². The molecule has 1 aliphatic heterocycles. The van der Waals surface area contributed by atoms with Crippen LogP contribution in [-0.2, 0) is 0 Å². The van der Waals surface area contributed by atoms with Crippen LogP contribution in [0.1, 0.15) is 33.3 Å². The van der Waals surface area contributed by atoms with E-state index in [1.54, 1.807) is 7.11 Å². The van der Waals surface area contributed by atoms with Crippen molar-refractivity contribution in [3.8, 4) is 5.75 Å². The predicted octanol–water partition coefficient (Wildman–Crippen LogP) is 3.80. The monoisotopic (exact) mass is 233 g/mol. The van der Waals surface area contributed by atoms with Gasteiger partial charge in [0, 0.05) is 23.7 Å². The molecular formula is C15H23NO. The smallest absolute Gasteiger partial charge is 0.127 e. The molecule has 2 unspecified atom stereocenters. The fourth-order valence-electron chi connectivity index (χ4n) is 2.00. The highest BCUT2D eigenvalue weighted by Crippen LogP contribution is 2.29. The summed E-state index contributed by atoms with van der Waals surface area (Å²) in [7, 11) is 1.71. The summed E-state index contributed by atoms with van der Waals surface area (Å²) in [5.41, 5.74) is 2.34. The molecule has 94 valence electrons. The highest BCUT2D eigenvalue weighted by atomic mass is 16.5. The molecule has 2 nitrogen and oxygen atoms in total. The van der Waals surface area contributed by atoms with E-state index in [0.29, 0.717) is 11.8 Å². The van der Waals surface area contributed by atoms with Gasteiger partial charge in [0.1, 0.15) is 5.75 Å². The Morgan fingerprint density at radius 2 is 1.82 bits per heavy atom. The Morgan fingerprint density at radius 3 is 2.35 bits per heavy atom. The van der Waals surface area contributed by atoms with Gasteiger partial charge in [-0.05, 0) is 18.1 Å². The number of benzene rings is 1. The molecule has 0 aliphatic carbocycles. The lowest BCUT2D eigenvalue weighted by molar-refractivity contribution is 0.413. The zero-order valence-electron chi connectivity index (χ0n) is 11.5. The number of hydrogen-bond donors (Lipinski definition) is 0. The van der Waals surface area contributed by atoms with Crippen molar-refractivity contribution in [1.82, 2.24) is 0 Å². The summed E-state index contributed by atoms with van der Waals surface area (Å²) in [4.78, 5) is 4.61. The van der Waals surface area contributed by atoms with E-state index in [-0.39, 0.29) is 0 Å². The van der Waals surface area contributed by atoms with E-state index in [0.717, 1.165) is 17.9 Å². The van der Waals surface area contributed by atoms with Crippen molar-refractivity contribution in [2.75, 3.05) is 13.7 Å². The van der Waals surface area contributed by atoms with E-state index in [4.69, 9.17) is 4.74 Å². The van der Waals surface area contributed by atoms with E-state index in [1.807, 2.05) is 32.0 Å².